The SMILES string of the molecule is CSc1ccccc1NC(=O)[C@@H]1CCCNC1.Cl. The van der Waals surface area contributed by atoms with E-state index < -0.39 is 0 Å². The fourth-order valence-electron chi connectivity index (χ4n) is 2.06. The molecule has 0 spiro atoms. The zero-order valence-corrected chi connectivity index (χ0v) is 12.1. The first kappa shape index (κ1) is 15.3. The maximum Gasteiger partial charge on any atom is 0.228 e. The van der Waals surface area contributed by atoms with Crippen LogP contribution in [0.3, 0.4) is 0 Å². The van der Waals surface area contributed by atoms with Crippen LogP contribution in [-0.4, -0.2) is 25.3 Å². The van der Waals surface area contributed by atoms with Crippen LogP contribution in [-0.2, 0) is 4.79 Å². The second-order valence-corrected chi connectivity index (χ2v) is 5.08. The summed E-state index contributed by atoms with van der Waals surface area (Å²) in [5.74, 6) is 0.248. The largest absolute Gasteiger partial charge is 0.325 e. The molecule has 1 aliphatic rings. The van der Waals surface area contributed by atoms with Gasteiger partial charge in [-0.2, -0.15) is 0 Å². The number of nitrogens with one attached hydrogen (secondary N) is 2. The highest BCUT2D eigenvalue weighted by molar-refractivity contribution is 7.98. The Morgan fingerprint density at radius 2 is 2.22 bits per heavy atom. The number of hydrogen-bond acceptors (Lipinski definition) is 3. The van der Waals surface area contributed by atoms with Crippen LogP contribution in [0.15, 0.2) is 29.2 Å². The molecule has 1 aromatic rings. The van der Waals surface area contributed by atoms with E-state index in [9.17, 15) is 4.79 Å². The number of para-hydroxylation sites is 1. The van der Waals surface area contributed by atoms with Crippen LogP contribution in [0.1, 0.15) is 12.8 Å². The number of thioether (sulfide) groups is 1. The lowest BCUT2D eigenvalue weighted by atomic mass is 9.99. The van der Waals surface area contributed by atoms with Crippen molar-refractivity contribution in [2.45, 2.75) is 17.7 Å². The lowest BCUT2D eigenvalue weighted by Gasteiger charge is -2.22. The fraction of sp³-hybridized carbons (Fsp3) is 0.462. The zero-order chi connectivity index (χ0) is 12.1. The number of rotatable bonds is 3. The summed E-state index contributed by atoms with van der Waals surface area (Å²) in [6.45, 7) is 1.83. The molecule has 2 rings (SSSR count). The summed E-state index contributed by atoms with van der Waals surface area (Å²) < 4.78 is 0. The number of anilines is 1. The summed E-state index contributed by atoms with van der Waals surface area (Å²) in [4.78, 5) is 13.2. The molecule has 1 amide bonds. The van der Waals surface area contributed by atoms with Gasteiger partial charge in [-0.25, -0.2) is 0 Å². The minimum atomic E-state index is 0. The van der Waals surface area contributed by atoms with Crippen LogP contribution in [0.4, 0.5) is 5.69 Å². The number of benzene rings is 1. The second kappa shape index (κ2) is 7.67. The molecule has 0 saturated carbocycles. The number of amides is 1. The van der Waals surface area contributed by atoms with Gasteiger partial charge in [-0.05, 0) is 37.8 Å². The van der Waals surface area contributed by atoms with E-state index in [4.69, 9.17) is 0 Å². The molecule has 1 atom stereocenters. The van der Waals surface area contributed by atoms with Gasteiger partial charge in [-0.15, -0.1) is 24.2 Å². The molecule has 1 fully saturated rings. The van der Waals surface area contributed by atoms with E-state index in [2.05, 4.69) is 10.6 Å². The summed E-state index contributed by atoms with van der Waals surface area (Å²) in [6, 6.07) is 7.93. The fourth-order valence-corrected chi connectivity index (χ4v) is 2.61. The van der Waals surface area contributed by atoms with Crippen LogP contribution < -0.4 is 10.6 Å². The molecule has 2 N–H and O–H groups in total. The zero-order valence-electron chi connectivity index (χ0n) is 10.4. The number of hydrogen-bond donors (Lipinski definition) is 2. The number of piperidine rings is 1. The lowest BCUT2D eigenvalue weighted by Crippen LogP contribution is -2.37. The molecular formula is C13H19ClN2OS. The predicted molar refractivity (Wildman–Crippen MR) is 79.7 cm³/mol. The van der Waals surface area contributed by atoms with Gasteiger partial charge in [0.05, 0.1) is 11.6 Å². The van der Waals surface area contributed by atoms with Gasteiger partial charge in [0.15, 0.2) is 0 Å². The molecular weight excluding hydrogens is 268 g/mol. The first-order chi connectivity index (χ1) is 8.31. The van der Waals surface area contributed by atoms with Gasteiger partial charge in [0, 0.05) is 11.4 Å². The van der Waals surface area contributed by atoms with E-state index in [0.29, 0.717) is 0 Å². The van der Waals surface area contributed by atoms with Crippen molar-refractivity contribution in [1.29, 1.82) is 0 Å². The first-order valence-corrected chi connectivity index (χ1v) is 7.18. The van der Waals surface area contributed by atoms with Crippen molar-refractivity contribution in [3.63, 3.8) is 0 Å². The van der Waals surface area contributed by atoms with Gasteiger partial charge >= 0.3 is 0 Å². The maximum absolute atomic E-state index is 12.1. The minimum absolute atomic E-state index is 0. The predicted octanol–water partition coefficient (Wildman–Crippen LogP) is 2.77. The van der Waals surface area contributed by atoms with Crippen molar-refractivity contribution in [2.24, 2.45) is 5.92 Å². The highest BCUT2D eigenvalue weighted by Gasteiger charge is 2.21. The van der Waals surface area contributed by atoms with E-state index in [1.54, 1.807) is 11.8 Å². The maximum atomic E-state index is 12.1. The van der Waals surface area contributed by atoms with E-state index >= 15 is 0 Å². The number of carbonyl (C=O) groups excluding carboxylic acids is 1. The Morgan fingerprint density at radius 1 is 1.44 bits per heavy atom. The van der Waals surface area contributed by atoms with E-state index in [1.165, 1.54) is 0 Å². The molecule has 0 unspecified atom stereocenters. The van der Waals surface area contributed by atoms with E-state index in [-0.39, 0.29) is 24.2 Å². The van der Waals surface area contributed by atoms with Crippen molar-refractivity contribution < 1.29 is 4.79 Å². The number of halogens is 1. The summed E-state index contributed by atoms with van der Waals surface area (Å²) in [7, 11) is 0. The molecule has 18 heavy (non-hydrogen) atoms. The molecule has 100 valence electrons. The molecule has 0 radical (unpaired) electrons. The minimum Gasteiger partial charge on any atom is -0.325 e. The van der Waals surface area contributed by atoms with Gasteiger partial charge in [0.1, 0.15) is 0 Å². The average Bonchev–Trinajstić information content (AvgIpc) is 2.40. The molecule has 0 aromatic heterocycles. The van der Waals surface area contributed by atoms with Crippen molar-refractivity contribution >= 4 is 35.8 Å². The second-order valence-electron chi connectivity index (χ2n) is 4.23. The van der Waals surface area contributed by atoms with Crippen molar-refractivity contribution in [3.05, 3.63) is 24.3 Å². The molecule has 1 heterocycles. The van der Waals surface area contributed by atoms with Gasteiger partial charge in [-0.1, -0.05) is 12.1 Å². The third-order valence-corrected chi connectivity index (χ3v) is 3.83. The summed E-state index contributed by atoms with van der Waals surface area (Å²) in [6.07, 6.45) is 4.09. The molecule has 0 aliphatic carbocycles. The Morgan fingerprint density at radius 3 is 2.89 bits per heavy atom. The van der Waals surface area contributed by atoms with Crippen molar-refractivity contribution in [1.82, 2.24) is 5.32 Å². The molecule has 1 aromatic carbocycles. The van der Waals surface area contributed by atoms with Gasteiger partial charge in [0.2, 0.25) is 5.91 Å². The van der Waals surface area contributed by atoms with Crippen LogP contribution in [0.2, 0.25) is 0 Å². The summed E-state index contributed by atoms with van der Waals surface area (Å²) >= 11 is 1.65. The molecule has 3 nitrogen and oxygen atoms in total. The highest BCUT2D eigenvalue weighted by Crippen LogP contribution is 2.25. The third kappa shape index (κ3) is 3.90. The Bertz CT molecular complexity index is 394. The third-order valence-electron chi connectivity index (χ3n) is 3.03. The molecule has 5 heteroatoms. The molecule has 0 bridgehead atoms. The normalized spacial score (nSPS) is 18.8. The quantitative estimate of drug-likeness (QED) is 0.840. The molecule has 1 aliphatic heterocycles. The standard InChI is InChI=1S/C13H18N2OS.ClH/c1-17-12-7-3-2-6-11(12)15-13(16)10-5-4-8-14-9-10;/h2-3,6-7,10,14H,4-5,8-9H2,1H3,(H,15,16);1H/t10-;/m1./s1. The lowest BCUT2D eigenvalue weighted by molar-refractivity contribution is -0.120. The highest BCUT2D eigenvalue weighted by atomic mass is 35.5. The van der Waals surface area contributed by atoms with E-state index in [1.807, 2.05) is 30.5 Å². The van der Waals surface area contributed by atoms with Crippen molar-refractivity contribution in [2.75, 3.05) is 24.7 Å². The van der Waals surface area contributed by atoms with Crippen molar-refractivity contribution in [3.8, 4) is 0 Å². The van der Waals surface area contributed by atoms with Crippen LogP contribution >= 0.6 is 24.2 Å². The Balaban J connectivity index is 0.00000162. The average molecular weight is 287 g/mol. The monoisotopic (exact) mass is 286 g/mol. The number of carbonyl (C=O) groups is 1. The van der Waals surface area contributed by atoms with Gasteiger partial charge < -0.3 is 10.6 Å². The van der Waals surface area contributed by atoms with Gasteiger partial charge in [0.25, 0.3) is 0 Å². The van der Waals surface area contributed by atoms with Crippen LogP contribution in [0.25, 0.3) is 0 Å². The Kier molecular flexibility index (Phi) is 6.54. The van der Waals surface area contributed by atoms with Crippen LogP contribution in [0.5, 0.6) is 0 Å². The van der Waals surface area contributed by atoms with Gasteiger partial charge in [-0.3, -0.25) is 4.79 Å². The Hall–Kier alpha value is -0.710. The summed E-state index contributed by atoms with van der Waals surface area (Å²) in [5, 5.41) is 6.30. The topological polar surface area (TPSA) is 41.1 Å². The smallest absolute Gasteiger partial charge is 0.228 e. The molecule has 1 saturated heterocycles. The van der Waals surface area contributed by atoms with Crippen LogP contribution in [0, 0.1) is 5.92 Å². The Labute approximate surface area is 119 Å². The first-order valence-electron chi connectivity index (χ1n) is 5.96. The summed E-state index contributed by atoms with van der Waals surface area (Å²) in [5.41, 5.74) is 0.926. The van der Waals surface area contributed by atoms with E-state index in [0.717, 1.165) is 36.5 Å².